The predicted octanol–water partition coefficient (Wildman–Crippen LogP) is -0.812. The monoisotopic (exact) mass is 234 g/mol. The lowest BCUT2D eigenvalue weighted by atomic mass is 9.86. The molecule has 3 rings (SSSR count). The third-order valence-corrected chi connectivity index (χ3v) is 5.35. The molecule has 4 atom stereocenters. The summed E-state index contributed by atoms with van der Waals surface area (Å²) >= 11 is 0. The minimum atomic E-state index is -3.90. The van der Waals surface area contributed by atoms with E-state index in [9.17, 15) is 13.2 Å². The Labute approximate surface area is 86.6 Å². The molecule has 3 saturated heterocycles. The summed E-state index contributed by atoms with van der Waals surface area (Å²) < 4.78 is 36.9. The number of rotatable bonds is 1. The summed E-state index contributed by atoms with van der Waals surface area (Å²) in [5.74, 6) is -0.766. The Bertz CT molecular complexity index is 428. The van der Waals surface area contributed by atoms with Gasteiger partial charge in [0.05, 0.1) is 13.2 Å². The normalized spacial score (nSPS) is 49.5. The molecule has 0 spiro atoms. The van der Waals surface area contributed by atoms with Gasteiger partial charge >= 0.3 is 5.97 Å². The first-order valence-corrected chi connectivity index (χ1v) is 6.09. The second-order valence-electron chi connectivity index (χ2n) is 4.09. The molecule has 15 heavy (non-hydrogen) atoms. The maximum Gasteiger partial charge on any atom is 0.332 e. The quantitative estimate of drug-likeness (QED) is 0.436. The number of esters is 1. The number of methoxy groups -OCH3 is 1. The van der Waals surface area contributed by atoms with Crippen molar-refractivity contribution in [3.63, 3.8) is 0 Å². The van der Waals surface area contributed by atoms with Crippen LogP contribution in [0.2, 0.25) is 0 Å². The summed E-state index contributed by atoms with van der Waals surface area (Å²) in [6.07, 6.45) is -0.685. The summed E-state index contributed by atoms with van der Waals surface area (Å²) in [5.41, 5.74) is 0. The fourth-order valence-electron chi connectivity index (χ4n) is 2.79. The lowest BCUT2D eigenvalue weighted by Crippen LogP contribution is -2.51. The Hall–Kier alpha value is -0.660. The summed E-state index contributed by atoms with van der Waals surface area (Å²) in [6.45, 7) is 0. The molecule has 3 fully saturated rings. The molecule has 0 N–H and O–H groups in total. The second-order valence-corrected chi connectivity index (χ2v) is 5.92. The number of hydrogen-bond acceptors (Lipinski definition) is 6. The van der Waals surface area contributed by atoms with Crippen molar-refractivity contribution in [3.05, 3.63) is 0 Å². The van der Waals surface area contributed by atoms with Gasteiger partial charge < -0.3 is 9.47 Å². The van der Waals surface area contributed by atoms with Crippen molar-refractivity contribution in [3.8, 4) is 0 Å². The zero-order valence-corrected chi connectivity index (χ0v) is 8.82. The minimum absolute atomic E-state index is 0.156. The third-order valence-electron chi connectivity index (χ3n) is 3.39. The Morgan fingerprint density at radius 1 is 1.53 bits per heavy atom. The first-order valence-electron chi connectivity index (χ1n) is 4.68. The molecule has 2 bridgehead atoms. The lowest BCUT2D eigenvalue weighted by Gasteiger charge is -2.22. The number of fused-ring (bicyclic) bond motifs is 1. The van der Waals surface area contributed by atoms with Crippen molar-refractivity contribution < 1.29 is 26.9 Å². The van der Waals surface area contributed by atoms with Crippen LogP contribution in [0, 0.1) is 0 Å². The van der Waals surface area contributed by atoms with Crippen molar-refractivity contribution in [1.29, 1.82) is 0 Å². The molecule has 6 nitrogen and oxygen atoms in total. The van der Waals surface area contributed by atoms with Crippen molar-refractivity contribution >= 4 is 16.1 Å². The molecule has 84 valence electrons. The standard InChI is InChI=1S/C8H10O6S/c1-12-7(9)8-3-4-2-5(6(8)13-4)14-15(8,10)11/h4-6H,2-3H2,1H3. The Kier molecular flexibility index (Phi) is 1.61. The number of carbonyl (C=O) groups excluding carboxylic acids is 1. The van der Waals surface area contributed by atoms with Crippen LogP contribution in [-0.4, -0.2) is 44.6 Å². The van der Waals surface area contributed by atoms with Gasteiger partial charge in [0.2, 0.25) is 4.75 Å². The van der Waals surface area contributed by atoms with E-state index in [1.807, 2.05) is 0 Å². The molecule has 0 aliphatic carbocycles. The van der Waals surface area contributed by atoms with E-state index in [2.05, 4.69) is 4.74 Å². The molecule has 0 aromatic rings. The average Bonchev–Trinajstić information content (AvgIpc) is 2.74. The van der Waals surface area contributed by atoms with E-state index in [4.69, 9.17) is 8.92 Å². The van der Waals surface area contributed by atoms with Crippen molar-refractivity contribution in [1.82, 2.24) is 0 Å². The van der Waals surface area contributed by atoms with Gasteiger partial charge in [-0.2, -0.15) is 8.42 Å². The van der Waals surface area contributed by atoms with Gasteiger partial charge in [0, 0.05) is 12.8 Å². The van der Waals surface area contributed by atoms with Crippen molar-refractivity contribution in [2.45, 2.75) is 35.9 Å². The minimum Gasteiger partial charge on any atom is -0.468 e. The fraction of sp³-hybridized carbons (Fsp3) is 0.875. The second kappa shape index (κ2) is 2.53. The molecule has 0 aromatic carbocycles. The van der Waals surface area contributed by atoms with Gasteiger partial charge in [-0.25, -0.2) is 0 Å². The molecular formula is C8H10O6S. The van der Waals surface area contributed by atoms with Gasteiger partial charge in [0.25, 0.3) is 10.1 Å². The van der Waals surface area contributed by atoms with Gasteiger partial charge in [0.15, 0.2) is 0 Å². The van der Waals surface area contributed by atoms with Crippen molar-refractivity contribution in [2.75, 3.05) is 7.11 Å². The molecule has 0 saturated carbocycles. The molecule has 3 aliphatic rings. The molecule has 0 radical (unpaired) electrons. The van der Waals surface area contributed by atoms with Crippen LogP contribution in [0.5, 0.6) is 0 Å². The number of carbonyl (C=O) groups is 1. The van der Waals surface area contributed by atoms with E-state index in [1.54, 1.807) is 0 Å². The maximum atomic E-state index is 11.8. The van der Waals surface area contributed by atoms with E-state index in [-0.39, 0.29) is 12.5 Å². The highest BCUT2D eigenvalue weighted by molar-refractivity contribution is 7.89. The molecule has 3 aliphatic heterocycles. The van der Waals surface area contributed by atoms with Crippen molar-refractivity contribution in [2.24, 2.45) is 0 Å². The zero-order chi connectivity index (χ0) is 10.8. The predicted molar refractivity (Wildman–Crippen MR) is 46.4 cm³/mol. The third kappa shape index (κ3) is 0.873. The Morgan fingerprint density at radius 2 is 2.27 bits per heavy atom. The Balaban J connectivity index is 2.17. The van der Waals surface area contributed by atoms with Gasteiger partial charge in [-0.1, -0.05) is 0 Å². The average molecular weight is 234 g/mol. The van der Waals surface area contributed by atoms with Gasteiger partial charge in [-0.05, 0) is 0 Å². The molecule has 4 unspecified atom stereocenters. The van der Waals surface area contributed by atoms with Crippen LogP contribution in [0.15, 0.2) is 0 Å². The van der Waals surface area contributed by atoms with Crippen LogP contribution in [0.4, 0.5) is 0 Å². The first kappa shape index (κ1) is 9.56. The van der Waals surface area contributed by atoms with Crippen LogP contribution in [0.1, 0.15) is 12.8 Å². The van der Waals surface area contributed by atoms with E-state index < -0.39 is 33.0 Å². The van der Waals surface area contributed by atoms with E-state index in [1.165, 1.54) is 7.11 Å². The molecular weight excluding hydrogens is 224 g/mol. The summed E-state index contributed by atoms with van der Waals surface area (Å²) in [5, 5.41) is 0. The number of hydrogen-bond donors (Lipinski definition) is 0. The number of ether oxygens (including phenoxy) is 2. The first-order chi connectivity index (χ1) is 7.01. The lowest BCUT2D eigenvalue weighted by molar-refractivity contribution is -0.145. The zero-order valence-electron chi connectivity index (χ0n) is 8.00. The highest BCUT2D eigenvalue weighted by Crippen LogP contribution is 2.54. The van der Waals surface area contributed by atoms with E-state index >= 15 is 0 Å². The van der Waals surface area contributed by atoms with Gasteiger partial charge in [-0.15, -0.1) is 0 Å². The smallest absolute Gasteiger partial charge is 0.332 e. The van der Waals surface area contributed by atoms with Crippen LogP contribution >= 0.6 is 0 Å². The van der Waals surface area contributed by atoms with E-state index in [0.717, 1.165) is 0 Å². The molecule has 0 aromatic heterocycles. The SMILES string of the molecule is COC(=O)C12CC3CC(OS1(=O)=O)C2O3. The van der Waals surface area contributed by atoms with Crippen LogP contribution in [0.3, 0.4) is 0 Å². The maximum absolute atomic E-state index is 11.8. The largest absolute Gasteiger partial charge is 0.468 e. The fourth-order valence-corrected chi connectivity index (χ4v) is 4.63. The molecule has 0 amide bonds. The van der Waals surface area contributed by atoms with Crippen LogP contribution < -0.4 is 0 Å². The summed E-state index contributed by atoms with van der Waals surface area (Å²) in [4.78, 5) is 11.6. The highest BCUT2D eigenvalue weighted by Gasteiger charge is 2.75. The van der Waals surface area contributed by atoms with E-state index in [0.29, 0.717) is 6.42 Å². The van der Waals surface area contributed by atoms with Crippen LogP contribution in [0.25, 0.3) is 0 Å². The summed E-state index contributed by atoms with van der Waals surface area (Å²) in [7, 11) is -2.73. The van der Waals surface area contributed by atoms with Gasteiger partial charge in [-0.3, -0.25) is 8.98 Å². The molecule has 3 heterocycles. The summed E-state index contributed by atoms with van der Waals surface area (Å²) in [6, 6.07) is 0. The van der Waals surface area contributed by atoms with Gasteiger partial charge in [0.1, 0.15) is 12.2 Å². The van der Waals surface area contributed by atoms with Crippen LogP contribution in [-0.2, 0) is 28.6 Å². The molecule has 7 heteroatoms. The topological polar surface area (TPSA) is 78.9 Å². The Morgan fingerprint density at radius 3 is 2.87 bits per heavy atom. The highest BCUT2D eigenvalue weighted by atomic mass is 32.2.